The first-order chi connectivity index (χ1) is 11.0. The topological polar surface area (TPSA) is 69.7 Å². The molecule has 0 radical (unpaired) electrons. The van der Waals surface area contributed by atoms with Crippen molar-refractivity contribution in [2.75, 3.05) is 37.6 Å². The molecule has 6 nitrogen and oxygen atoms in total. The standard InChI is InChI=1S/C17H23N3O3/c1-3-15(21)17(23)18-12-16(22)20-10-8-19(9-11-20)14-6-4-13(2)5-7-14/h4-7H,3,8-12H2,1-2H3,(H,18,23). The Morgan fingerprint density at radius 3 is 2.22 bits per heavy atom. The normalized spacial score (nSPS) is 14.5. The van der Waals surface area contributed by atoms with E-state index in [9.17, 15) is 14.4 Å². The molecule has 0 aromatic heterocycles. The van der Waals surface area contributed by atoms with Crippen LogP contribution >= 0.6 is 0 Å². The van der Waals surface area contributed by atoms with Crippen LogP contribution < -0.4 is 10.2 Å². The molecule has 1 aromatic carbocycles. The Balaban J connectivity index is 1.79. The van der Waals surface area contributed by atoms with Crippen LogP contribution in [0.25, 0.3) is 0 Å². The Morgan fingerprint density at radius 2 is 1.65 bits per heavy atom. The zero-order chi connectivity index (χ0) is 16.8. The quantitative estimate of drug-likeness (QED) is 0.813. The van der Waals surface area contributed by atoms with Gasteiger partial charge < -0.3 is 15.1 Å². The summed E-state index contributed by atoms with van der Waals surface area (Å²) in [6, 6.07) is 8.33. The van der Waals surface area contributed by atoms with Gasteiger partial charge in [-0.3, -0.25) is 14.4 Å². The van der Waals surface area contributed by atoms with E-state index in [0.29, 0.717) is 13.1 Å². The van der Waals surface area contributed by atoms with Crippen LogP contribution in [0.5, 0.6) is 0 Å². The number of rotatable bonds is 5. The third kappa shape index (κ3) is 4.55. The van der Waals surface area contributed by atoms with E-state index in [1.807, 2.05) is 0 Å². The monoisotopic (exact) mass is 317 g/mol. The number of amides is 2. The van der Waals surface area contributed by atoms with E-state index < -0.39 is 11.7 Å². The van der Waals surface area contributed by atoms with Gasteiger partial charge in [-0.1, -0.05) is 24.6 Å². The number of hydrogen-bond donors (Lipinski definition) is 1. The van der Waals surface area contributed by atoms with Crippen molar-refractivity contribution < 1.29 is 14.4 Å². The van der Waals surface area contributed by atoms with Crippen LogP contribution in [0.4, 0.5) is 5.69 Å². The zero-order valence-corrected chi connectivity index (χ0v) is 13.7. The molecule has 1 aromatic rings. The Morgan fingerprint density at radius 1 is 1.04 bits per heavy atom. The Labute approximate surface area is 136 Å². The smallest absolute Gasteiger partial charge is 0.287 e. The van der Waals surface area contributed by atoms with Crippen LogP contribution in [0.15, 0.2) is 24.3 Å². The average molecular weight is 317 g/mol. The highest BCUT2D eigenvalue weighted by molar-refractivity contribution is 6.36. The lowest BCUT2D eigenvalue weighted by molar-refractivity contribution is -0.139. The lowest BCUT2D eigenvalue weighted by Crippen LogP contribution is -2.51. The fraction of sp³-hybridized carbons (Fsp3) is 0.471. The Kier molecular flexibility index (Phi) is 5.73. The van der Waals surface area contributed by atoms with E-state index in [-0.39, 0.29) is 18.9 Å². The van der Waals surface area contributed by atoms with Crippen molar-refractivity contribution in [2.24, 2.45) is 0 Å². The number of piperazine rings is 1. The molecule has 1 fully saturated rings. The van der Waals surface area contributed by atoms with Crippen molar-refractivity contribution in [3.8, 4) is 0 Å². The minimum absolute atomic E-state index is 0.116. The first-order valence-electron chi connectivity index (χ1n) is 7.91. The summed E-state index contributed by atoms with van der Waals surface area (Å²) in [5, 5.41) is 2.39. The second kappa shape index (κ2) is 7.76. The number of carbonyl (C=O) groups excluding carboxylic acids is 3. The number of benzene rings is 1. The highest BCUT2D eigenvalue weighted by atomic mass is 16.2. The lowest BCUT2D eigenvalue weighted by Gasteiger charge is -2.36. The summed E-state index contributed by atoms with van der Waals surface area (Å²) in [5.74, 6) is -1.33. The molecule has 0 saturated carbocycles. The van der Waals surface area contributed by atoms with Crippen LogP contribution in [0.2, 0.25) is 0 Å². The zero-order valence-electron chi connectivity index (χ0n) is 13.7. The average Bonchev–Trinajstić information content (AvgIpc) is 2.59. The van der Waals surface area contributed by atoms with E-state index in [1.165, 1.54) is 5.56 Å². The molecule has 1 saturated heterocycles. The van der Waals surface area contributed by atoms with Gasteiger partial charge in [-0.25, -0.2) is 0 Å². The van der Waals surface area contributed by atoms with E-state index in [4.69, 9.17) is 0 Å². The molecule has 0 atom stereocenters. The van der Waals surface area contributed by atoms with Gasteiger partial charge in [0.1, 0.15) is 0 Å². The molecule has 6 heteroatoms. The predicted octanol–water partition coefficient (Wildman–Crippen LogP) is 0.739. The second-order valence-corrected chi connectivity index (χ2v) is 5.66. The number of nitrogens with zero attached hydrogens (tertiary/aromatic N) is 2. The number of hydrogen-bond acceptors (Lipinski definition) is 4. The highest BCUT2D eigenvalue weighted by Crippen LogP contribution is 2.17. The van der Waals surface area contributed by atoms with Gasteiger partial charge in [0.25, 0.3) is 5.91 Å². The molecule has 1 aliphatic heterocycles. The maximum Gasteiger partial charge on any atom is 0.287 e. The van der Waals surface area contributed by atoms with Gasteiger partial charge in [0.2, 0.25) is 11.7 Å². The number of anilines is 1. The summed E-state index contributed by atoms with van der Waals surface area (Å²) >= 11 is 0. The van der Waals surface area contributed by atoms with Crippen molar-refractivity contribution in [2.45, 2.75) is 20.3 Å². The largest absolute Gasteiger partial charge is 0.368 e. The SMILES string of the molecule is CCC(=O)C(=O)NCC(=O)N1CCN(c2ccc(C)cc2)CC1. The van der Waals surface area contributed by atoms with Crippen molar-refractivity contribution >= 4 is 23.3 Å². The molecule has 1 N–H and O–H groups in total. The first-order valence-corrected chi connectivity index (χ1v) is 7.91. The molecule has 0 aliphatic carbocycles. The van der Waals surface area contributed by atoms with E-state index in [2.05, 4.69) is 41.4 Å². The summed E-state index contributed by atoms with van der Waals surface area (Å²) in [6.45, 7) is 6.31. The van der Waals surface area contributed by atoms with Gasteiger partial charge in [-0.05, 0) is 19.1 Å². The number of carbonyl (C=O) groups is 3. The maximum absolute atomic E-state index is 12.1. The van der Waals surface area contributed by atoms with Gasteiger partial charge in [0.15, 0.2) is 0 Å². The minimum atomic E-state index is -0.681. The molecule has 2 rings (SSSR count). The number of Topliss-reactive ketones (excluding diaryl/α,β-unsaturated/α-hetero) is 1. The third-order valence-electron chi connectivity index (χ3n) is 4.01. The maximum atomic E-state index is 12.1. The molecule has 0 unspecified atom stereocenters. The summed E-state index contributed by atoms with van der Waals surface area (Å²) in [7, 11) is 0. The summed E-state index contributed by atoms with van der Waals surface area (Å²) in [6.07, 6.45) is 0.148. The summed E-state index contributed by atoms with van der Waals surface area (Å²) < 4.78 is 0. The molecule has 0 bridgehead atoms. The van der Waals surface area contributed by atoms with E-state index in [0.717, 1.165) is 18.8 Å². The number of nitrogens with one attached hydrogen (secondary N) is 1. The van der Waals surface area contributed by atoms with E-state index >= 15 is 0 Å². The fourth-order valence-corrected chi connectivity index (χ4v) is 2.50. The molecule has 23 heavy (non-hydrogen) atoms. The van der Waals surface area contributed by atoms with Gasteiger partial charge >= 0.3 is 0 Å². The predicted molar refractivity (Wildman–Crippen MR) is 88.3 cm³/mol. The molecule has 0 spiro atoms. The van der Waals surface area contributed by atoms with Crippen LogP contribution in [0, 0.1) is 6.92 Å². The van der Waals surface area contributed by atoms with Crippen LogP contribution in [0.3, 0.4) is 0 Å². The van der Waals surface area contributed by atoms with Crippen LogP contribution in [-0.2, 0) is 14.4 Å². The van der Waals surface area contributed by atoms with Crippen molar-refractivity contribution in [3.63, 3.8) is 0 Å². The van der Waals surface area contributed by atoms with Gasteiger partial charge in [0, 0.05) is 38.3 Å². The second-order valence-electron chi connectivity index (χ2n) is 5.66. The summed E-state index contributed by atoms with van der Waals surface area (Å²) in [4.78, 5) is 38.6. The van der Waals surface area contributed by atoms with Crippen LogP contribution in [0.1, 0.15) is 18.9 Å². The fourth-order valence-electron chi connectivity index (χ4n) is 2.50. The molecular formula is C17H23N3O3. The molecule has 1 heterocycles. The Bertz CT molecular complexity index is 575. The molecule has 1 aliphatic rings. The number of aryl methyl sites for hydroxylation is 1. The van der Waals surface area contributed by atoms with Crippen LogP contribution in [-0.4, -0.2) is 55.2 Å². The third-order valence-corrected chi connectivity index (χ3v) is 4.01. The minimum Gasteiger partial charge on any atom is -0.368 e. The van der Waals surface area contributed by atoms with E-state index in [1.54, 1.807) is 11.8 Å². The number of ketones is 1. The highest BCUT2D eigenvalue weighted by Gasteiger charge is 2.22. The van der Waals surface area contributed by atoms with Crippen molar-refractivity contribution in [3.05, 3.63) is 29.8 Å². The first kappa shape index (κ1) is 17.0. The van der Waals surface area contributed by atoms with Gasteiger partial charge in [0.05, 0.1) is 6.54 Å². The van der Waals surface area contributed by atoms with Gasteiger partial charge in [-0.2, -0.15) is 0 Å². The lowest BCUT2D eigenvalue weighted by atomic mass is 10.2. The summed E-state index contributed by atoms with van der Waals surface area (Å²) in [5.41, 5.74) is 2.38. The Hall–Kier alpha value is -2.37. The molecule has 124 valence electrons. The molecular weight excluding hydrogens is 294 g/mol. The van der Waals surface area contributed by atoms with Gasteiger partial charge in [-0.15, -0.1) is 0 Å². The van der Waals surface area contributed by atoms with Crippen molar-refractivity contribution in [1.82, 2.24) is 10.2 Å². The molecule has 2 amide bonds. The van der Waals surface area contributed by atoms with Crippen molar-refractivity contribution in [1.29, 1.82) is 0 Å².